The summed E-state index contributed by atoms with van der Waals surface area (Å²) < 4.78 is 62.7. The number of nitrogens with one attached hydrogen (secondary N) is 1. The topological polar surface area (TPSA) is 151 Å². The summed E-state index contributed by atoms with van der Waals surface area (Å²) in [6, 6.07) is 23.2. The molecule has 52 heavy (non-hydrogen) atoms. The van der Waals surface area contributed by atoms with Gasteiger partial charge in [0.05, 0.1) is 35.1 Å². The van der Waals surface area contributed by atoms with Crippen LogP contribution in [-0.2, 0) is 10.0 Å². The lowest BCUT2D eigenvalue weighted by molar-refractivity contribution is 0.0746. The monoisotopic (exact) mass is 724 g/mol. The van der Waals surface area contributed by atoms with Crippen LogP contribution < -0.4 is 14.8 Å². The number of nitrogens with zero attached hydrogens (tertiary/aromatic N) is 7. The molecule has 264 valence electrons. The number of aromatic amines is 1. The maximum atomic E-state index is 14.0. The molecule has 0 unspecified atom stereocenters. The van der Waals surface area contributed by atoms with Crippen molar-refractivity contribution in [2.45, 2.75) is 0 Å². The fourth-order valence-corrected chi connectivity index (χ4v) is 7.67. The highest BCUT2D eigenvalue weighted by atomic mass is 32.2. The smallest absolute Gasteiger partial charge is 0.260 e. The van der Waals surface area contributed by atoms with Gasteiger partial charge in [-0.1, -0.05) is 35.4 Å². The van der Waals surface area contributed by atoms with Gasteiger partial charge in [0.1, 0.15) is 23.7 Å². The minimum absolute atomic E-state index is 0.104. The van der Waals surface area contributed by atoms with Gasteiger partial charge in [-0.15, -0.1) is 0 Å². The van der Waals surface area contributed by atoms with Crippen LogP contribution in [0.15, 0.2) is 94.1 Å². The summed E-state index contributed by atoms with van der Waals surface area (Å²) in [4.78, 5) is 33.7. The highest BCUT2D eigenvalue weighted by Crippen LogP contribution is 2.40. The van der Waals surface area contributed by atoms with Crippen LogP contribution in [0.2, 0.25) is 0 Å². The largest absolute Gasteiger partial charge is 0.455 e. The maximum absolute atomic E-state index is 14.0. The van der Waals surface area contributed by atoms with Crippen molar-refractivity contribution in [3.63, 3.8) is 0 Å². The Bertz CT molecular complexity index is 2670. The van der Waals surface area contributed by atoms with Gasteiger partial charge >= 0.3 is 0 Å². The van der Waals surface area contributed by atoms with Crippen molar-refractivity contribution in [3.05, 3.63) is 107 Å². The molecule has 4 aromatic carbocycles. The van der Waals surface area contributed by atoms with Crippen LogP contribution in [0.5, 0.6) is 0 Å². The summed E-state index contributed by atoms with van der Waals surface area (Å²) in [7, 11) is -4.00. The maximum Gasteiger partial charge on any atom is 0.260 e. The molecule has 7 aromatic rings. The highest BCUT2D eigenvalue weighted by molar-refractivity contribution is 7.92. The number of tetrazole rings is 1. The van der Waals surface area contributed by atoms with Crippen molar-refractivity contribution >= 4 is 60.4 Å². The van der Waals surface area contributed by atoms with Gasteiger partial charge in [0.2, 0.25) is 16.0 Å². The Morgan fingerprint density at radius 3 is 2.50 bits per heavy atom. The molecule has 0 radical (unpaired) electrons. The lowest BCUT2D eigenvalue weighted by atomic mass is 9.98. The summed E-state index contributed by atoms with van der Waals surface area (Å²) in [5, 5.41) is 13.2. The SMILES string of the molecule is CS(=O)(=O)N(CCF)c1cc2oc3c4ccc(F)cc4[nH]c(=O)c3c2cc1-c1cccc(C(=O)N2CCN(c3nnnn3-c3ccccc3)CC2)c1. The van der Waals surface area contributed by atoms with E-state index in [-0.39, 0.29) is 33.7 Å². The quantitative estimate of drug-likeness (QED) is 0.231. The van der Waals surface area contributed by atoms with Crippen LogP contribution in [0.4, 0.5) is 20.4 Å². The number of fused-ring (bicyclic) bond motifs is 5. The Balaban J connectivity index is 1.17. The number of furan rings is 1. The average molecular weight is 725 g/mol. The molecule has 0 atom stereocenters. The number of aromatic nitrogens is 5. The van der Waals surface area contributed by atoms with E-state index in [4.69, 9.17) is 4.42 Å². The molecule has 16 heteroatoms. The van der Waals surface area contributed by atoms with E-state index in [1.807, 2.05) is 35.2 Å². The van der Waals surface area contributed by atoms with E-state index in [1.54, 1.807) is 39.9 Å². The molecule has 4 heterocycles. The van der Waals surface area contributed by atoms with E-state index in [2.05, 4.69) is 20.5 Å². The number of hydrogen-bond acceptors (Lipinski definition) is 9. The van der Waals surface area contributed by atoms with E-state index in [9.17, 15) is 26.8 Å². The number of hydrogen-bond donors (Lipinski definition) is 1. The predicted molar refractivity (Wildman–Crippen MR) is 193 cm³/mol. The molecule has 0 bridgehead atoms. The Morgan fingerprint density at radius 2 is 1.75 bits per heavy atom. The molecular formula is C36H30F2N8O5S. The number of carbonyl (C=O) groups is 1. The molecule has 3 aromatic heterocycles. The van der Waals surface area contributed by atoms with Gasteiger partial charge < -0.3 is 19.2 Å². The number of carbonyl (C=O) groups excluding carboxylic acids is 1. The summed E-state index contributed by atoms with van der Waals surface area (Å²) >= 11 is 0. The normalized spacial score (nSPS) is 13.8. The number of alkyl halides is 1. The summed E-state index contributed by atoms with van der Waals surface area (Å²) in [5.41, 5.74) is 2.13. The summed E-state index contributed by atoms with van der Waals surface area (Å²) in [6.07, 6.45) is 0.972. The second kappa shape index (κ2) is 12.9. The Morgan fingerprint density at radius 1 is 0.962 bits per heavy atom. The van der Waals surface area contributed by atoms with Crippen LogP contribution in [0.25, 0.3) is 49.7 Å². The van der Waals surface area contributed by atoms with Crippen LogP contribution in [0, 0.1) is 5.82 Å². The van der Waals surface area contributed by atoms with Gasteiger partial charge in [-0.2, -0.15) is 4.68 Å². The van der Waals surface area contributed by atoms with Crippen LogP contribution in [-0.4, -0.2) is 90.1 Å². The van der Waals surface area contributed by atoms with Gasteiger partial charge in [0, 0.05) is 54.1 Å². The first kappa shape index (κ1) is 33.0. The molecule has 1 N–H and O–H groups in total. The van der Waals surface area contributed by atoms with Crippen molar-refractivity contribution < 1.29 is 26.4 Å². The number of benzene rings is 4. The molecule has 1 aliphatic rings. The zero-order chi connectivity index (χ0) is 36.1. The number of piperazine rings is 1. The molecule has 1 aliphatic heterocycles. The zero-order valence-electron chi connectivity index (χ0n) is 27.7. The van der Waals surface area contributed by atoms with Crippen LogP contribution in [0.3, 0.4) is 0 Å². The molecule has 1 amide bonds. The number of H-pyrrole nitrogens is 1. The van der Waals surface area contributed by atoms with Crippen LogP contribution in [0.1, 0.15) is 10.4 Å². The second-order valence-electron chi connectivity index (χ2n) is 12.4. The van der Waals surface area contributed by atoms with Gasteiger partial charge in [-0.05, 0) is 64.5 Å². The van der Waals surface area contributed by atoms with Crippen molar-refractivity contribution in [2.24, 2.45) is 0 Å². The minimum atomic E-state index is -4.00. The third-order valence-corrected chi connectivity index (χ3v) is 10.4. The molecule has 0 spiro atoms. The van der Waals surface area contributed by atoms with Crippen molar-refractivity contribution in [1.82, 2.24) is 30.1 Å². The molecule has 1 fully saturated rings. The first-order valence-electron chi connectivity index (χ1n) is 16.3. The molecular weight excluding hydrogens is 695 g/mol. The number of sulfonamides is 1. The molecule has 0 aliphatic carbocycles. The van der Waals surface area contributed by atoms with E-state index in [0.717, 1.165) is 16.2 Å². The average Bonchev–Trinajstić information content (AvgIpc) is 3.79. The highest BCUT2D eigenvalue weighted by Gasteiger charge is 2.28. The van der Waals surface area contributed by atoms with Crippen LogP contribution >= 0.6 is 0 Å². The fourth-order valence-electron chi connectivity index (χ4n) is 6.76. The van der Waals surface area contributed by atoms with Gasteiger partial charge in [0.15, 0.2) is 0 Å². The first-order valence-corrected chi connectivity index (χ1v) is 18.2. The molecule has 8 rings (SSSR count). The summed E-state index contributed by atoms with van der Waals surface area (Å²) in [6.45, 7) is 0.300. The third kappa shape index (κ3) is 5.79. The second-order valence-corrected chi connectivity index (χ2v) is 14.3. The molecule has 1 saturated heterocycles. The van der Waals surface area contributed by atoms with E-state index in [1.165, 1.54) is 24.3 Å². The zero-order valence-corrected chi connectivity index (χ0v) is 28.5. The number of amides is 1. The Labute approximate surface area is 294 Å². The van der Waals surface area contributed by atoms with E-state index in [0.29, 0.717) is 59.6 Å². The van der Waals surface area contributed by atoms with Crippen molar-refractivity contribution in [1.29, 1.82) is 0 Å². The predicted octanol–water partition coefficient (Wildman–Crippen LogP) is 4.91. The first-order chi connectivity index (χ1) is 25.1. The molecule has 13 nitrogen and oxygen atoms in total. The Kier molecular flexibility index (Phi) is 8.17. The minimum Gasteiger partial charge on any atom is -0.455 e. The standard InChI is InChI=1S/C36H30F2N8O5S/c1-52(49,50)45(13-12-37)30-21-31-28(32-33(51-31)26-11-10-24(38)19-29(26)39-34(32)47)20-27(30)22-6-5-7-23(18-22)35(48)43-14-16-44(17-15-43)36-40-41-42-46(36)25-8-3-2-4-9-25/h2-11,18-21H,12-17H2,1H3,(H,39,47). The number of pyridine rings is 1. The van der Waals surface area contributed by atoms with Crippen molar-refractivity contribution in [2.75, 3.05) is 54.9 Å². The lowest BCUT2D eigenvalue weighted by Crippen LogP contribution is -2.49. The lowest BCUT2D eigenvalue weighted by Gasteiger charge is -2.35. The Hall–Kier alpha value is -6.16. The van der Waals surface area contributed by atoms with Gasteiger partial charge in [-0.3, -0.25) is 13.9 Å². The summed E-state index contributed by atoms with van der Waals surface area (Å²) in [5.74, 6) is -0.212. The van der Waals surface area contributed by atoms with Crippen molar-refractivity contribution in [3.8, 4) is 16.8 Å². The fraction of sp³-hybridized carbons (Fsp3) is 0.194. The number of halogens is 2. The molecule has 0 saturated carbocycles. The number of para-hydroxylation sites is 1. The number of rotatable bonds is 8. The van der Waals surface area contributed by atoms with E-state index < -0.39 is 34.6 Å². The van der Waals surface area contributed by atoms with Gasteiger partial charge in [-0.25, -0.2) is 17.2 Å². The van der Waals surface area contributed by atoms with E-state index >= 15 is 0 Å². The number of anilines is 2. The third-order valence-electron chi connectivity index (χ3n) is 9.19. The van der Waals surface area contributed by atoms with Gasteiger partial charge in [0.25, 0.3) is 11.5 Å².